The highest BCUT2D eigenvalue weighted by Gasteiger charge is 2.19. The number of fused-ring (bicyclic) bond motifs is 1. The Morgan fingerprint density at radius 3 is 2.74 bits per heavy atom. The lowest BCUT2D eigenvalue weighted by Crippen LogP contribution is -2.21. The molecule has 1 unspecified atom stereocenters. The molecule has 0 spiro atoms. The molecule has 0 saturated heterocycles. The number of rotatable bonds is 5. The molecule has 1 aromatic carbocycles. The molecule has 104 valence electrons. The summed E-state index contributed by atoms with van der Waals surface area (Å²) in [6.45, 7) is 9.97. The second-order valence-corrected chi connectivity index (χ2v) is 5.63. The van der Waals surface area contributed by atoms with E-state index < -0.39 is 0 Å². The number of aromatic amines is 1. The van der Waals surface area contributed by atoms with Gasteiger partial charge in [-0.25, -0.2) is 0 Å². The van der Waals surface area contributed by atoms with Gasteiger partial charge in [0.2, 0.25) is 0 Å². The van der Waals surface area contributed by atoms with Gasteiger partial charge in [-0.15, -0.1) is 0 Å². The first kappa shape index (κ1) is 14.3. The van der Waals surface area contributed by atoms with Crippen LogP contribution in [-0.4, -0.2) is 22.8 Å². The van der Waals surface area contributed by atoms with E-state index in [1.807, 2.05) is 6.92 Å². The summed E-state index contributed by atoms with van der Waals surface area (Å²) in [6, 6.07) is 6.57. The highest BCUT2D eigenvalue weighted by molar-refractivity contribution is 7.71. The topological polar surface area (TPSA) is 29.9 Å². The van der Waals surface area contributed by atoms with Gasteiger partial charge in [0.1, 0.15) is 0 Å². The number of benzene rings is 1. The molecule has 1 N–H and O–H groups in total. The molecule has 0 bridgehead atoms. The van der Waals surface area contributed by atoms with Gasteiger partial charge in [0.05, 0.1) is 23.7 Å². The lowest BCUT2D eigenvalue weighted by molar-refractivity contribution is 0.0974. The van der Waals surface area contributed by atoms with Gasteiger partial charge in [0, 0.05) is 6.61 Å². The number of para-hydroxylation sites is 1. The summed E-state index contributed by atoms with van der Waals surface area (Å²) >= 11 is 5.51. The van der Waals surface area contributed by atoms with Crippen LogP contribution in [0, 0.1) is 17.6 Å². The molecular formula is C15H22N2OS. The summed E-state index contributed by atoms with van der Waals surface area (Å²) in [5.41, 5.74) is 3.53. The van der Waals surface area contributed by atoms with Crippen molar-refractivity contribution in [3.05, 3.63) is 28.5 Å². The standard InChI is InChI=1S/C15H22N2OS/c1-5-18-9-13(10(2)3)17-12-8-6-7-11(4)14(12)16-15(17)19/h6-8,10,13H,5,9H2,1-4H3,(H,16,19). The van der Waals surface area contributed by atoms with Crippen LogP contribution in [0.25, 0.3) is 11.0 Å². The van der Waals surface area contributed by atoms with Gasteiger partial charge >= 0.3 is 0 Å². The number of aromatic nitrogens is 2. The molecule has 2 rings (SSSR count). The van der Waals surface area contributed by atoms with Gasteiger partial charge in [-0.2, -0.15) is 0 Å². The first-order valence-corrected chi connectivity index (χ1v) is 7.24. The van der Waals surface area contributed by atoms with Crippen LogP contribution in [0.1, 0.15) is 32.4 Å². The number of nitrogens with one attached hydrogen (secondary N) is 1. The summed E-state index contributed by atoms with van der Waals surface area (Å²) in [5.74, 6) is 0.470. The van der Waals surface area contributed by atoms with Crippen molar-refractivity contribution >= 4 is 23.3 Å². The van der Waals surface area contributed by atoms with Crippen LogP contribution in [0.2, 0.25) is 0 Å². The molecule has 0 aliphatic carbocycles. The van der Waals surface area contributed by atoms with E-state index >= 15 is 0 Å². The smallest absolute Gasteiger partial charge is 0.178 e. The second-order valence-electron chi connectivity index (χ2n) is 5.24. The Hall–Kier alpha value is -1.13. The molecule has 2 aromatic rings. The molecule has 3 nitrogen and oxygen atoms in total. The lowest BCUT2D eigenvalue weighted by atomic mass is 10.0. The van der Waals surface area contributed by atoms with Crippen molar-refractivity contribution in [3.63, 3.8) is 0 Å². The van der Waals surface area contributed by atoms with E-state index in [-0.39, 0.29) is 6.04 Å². The predicted octanol–water partition coefficient (Wildman–Crippen LogP) is 4.24. The molecule has 19 heavy (non-hydrogen) atoms. The Kier molecular flexibility index (Phi) is 4.42. The number of ether oxygens (including phenoxy) is 1. The first-order valence-electron chi connectivity index (χ1n) is 6.83. The van der Waals surface area contributed by atoms with E-state index in [1.165, 1.54) is 11.1 Å². The largest absolute Gasteiger partial charge is 0.380 e. The summed E-state index contributed by atoms with van der Waals surface area (Å²) in [4.78, 5) is 3.33. The van der Waals surface area contributed by atoms with E-state index in [1.54, 1.807) is 0 Å². The average molecular weight is 278 g/mol. The fraction of sp³-hybridized carbons (Fsp3) is 0.533. The van der Waals surface area contributed by atoms with Crippen LogP contribution in [0.3, 0.4) is 0 Å². The fourth-order valence-corrected chi connectivity index (χ4v) is 2.76. The van der Waals surface area contributed by atoms with Crippen LogP contribution in [-0.2, 0) is 4.74 Å². The molecule has 4 heteroatoms. The fourth-order valence-electron chi connectivity index (χ4n) is 2.43. The molecule has 0 saturated carbocycles. The van der Waals surface area contributed by atoms with Gasteiger partial charge in [-0.05, 0) is 43.6 Å². The minimum Gasteiger partial charge on any atom is -0.380 e. The molecule has 0 aliphatic rings. The second kappa shape index (κ2) is 5.88. The SMILES string of the molecule is CCOCC(C(C)C)n1c(=S)[nH]c2c(C)cccc21. The number of H-pyrrole nitrogens is 1. The maximum Gasteiger partial charge on any atom is 0.178 e. The van der Waals surface area contributed by atoms with Gasteiger partial charge in [0.15, 0.2) is 4.77 Å². The van der Waals surface area contributed by atoms with Crippen molar-refractivity contribution < 1.29 is 4.74 Å². The number of nitrogens with zero attached hydrogens (tertiary/aromatic N) is 1. The van der Waals surface area contributed by atoms with Crippen LogP contribution < -0.4 is 0 Å². The monoisotopic (exact) mass is 278 g/mol. The maximum atomic E-state index is 5.63. The van der Waals surface area contributed by atoms with E-state index in [2.05, 4.69) is 48.5 Å². The Bertz CT molecular complexity index is 612. The summed E-state index contributed by atoms with van der Waals surface area (Å²) in [7, 11) is 0. The van der Waals surface area contributed by atoms with Gasteiger partial charge in [0.25, 0.3) is 0 Å². The highest BCUT2D eigenvalue weighted by atomic mass is 32.1. The third-order valence-corrected chi connectivity index (χ3v) is 3.85. The molecule has 1 aromatic heterocycles. The third kappa shape index (κ3) is 2.74. The zero-order chi connectivity index (χ0) is 14.0. The zero-order valence-electron chi connectivity index (χ0n) is 12.1. The van der Waals surface area contributed by atoms with Crippen LogP contribution in [0.4, 0.5) is 0 Å². The first-order chi connectivity index (χ1) is 9.06. The molecule has 0 amide bonds. The van der Waals surface area contributed by atoms with Crippen LogP contribution >= 0.6 is 12.2 Å². The van der Waals surface area contributed by atoms with Crippen molar-refractivity contribution in [1.82, 2.24) is 9.55 Å². The van der Waals surface area contributed by atoms with Crippen LogP contribution in [0.5, 0.6) is 0 Å². The quantitative estimate of drug-likeness (QED) is 0.829. The summed E-state index contributed by atoms with van der Waals surface area (Å²) in [5, 5.41) is 0. The Labute approximate surface area is 119 Å². The minimum absolute atomic E-state index is 0.267. The van der Waals surface area contributed by atoms with Crippen molar-refractivity contribution in [2.75, 3.05) is 13.2 Å². The molecule has 1 heterocycles. The number of imidazole rings is 1. The van der Waals surface area contributed by atoms with E-state index in [9.17, 15) is 0 Å². The normalized spacial score (nSPS) is 13.3. The Balaban J connectivity index is 2.56. The van der Waals surface area contributed by atoms with Crippen molar-refractivity contribution in [1.29, 1.82) is 0 Å². The van der Waals surface area contributed by atoms with E-state index in [0.717, 1.165) is 16.9 Å². The molecule has 0 fully saturated rings. The minimum atomic E-state index is 0.267. The number of aryl methyl sites for hydroxylation is 1. The lowest BCUT2D eigenvalue weighted by Gasteiger charge is -2.23. The predicted molar refractivity (Wildman–Crippen MR) is 82.2 cm³/mol. The highest BCUT2D eigenvalue weighted by Crippen LogP contribution is 2.26. The van der Waals surface area contributed by atoms with Gasteiger partial charge < -0.3 is 14.3 Å². The Morgan fingerprint density at radius 1 is 1.37 bits per heavy atom. The molecule has 0 aliphatic heterocycles. The van der Waals surface area contributed by atoms with Crippen molar-refractivity contribution in [2.45, 2.75) is 33.7 Å². The average Bonchev–Trinajstić information content (AvgIpc) is 2.68. The van der Waals surface area contributed by atoms with E-state index in [0.29, 0.717) is 12.5 Å². The number of hydrogen-bond acceptors (Lipinski definition) is 2. The maximum absolute atomic E-state index is 5.63. The van der Waals surface area contributed by atoms with E-state index in [4.69, 9.17) is 17.0 Å². The molecule has 0 radical (unpaired) electrons. The Morgan fingerprint density at radius 2 is 2.11 bits per heavy atom. The molecular weight excluding hydrogens is 256 g/mol. The van der Waals surface area contributed by atoms with Gasteiger partial charge in [-0.1, -0.05) is 26.0 Å². The van der Waals surface area contributed by atoms with Crippen molar-refractivity contribution in [3.8, 4) is 0 Å². The summed E-state index contributed by atoms with van der Waals surface area (Å²) in [6.07, 6.45) is 0. The molecule has 1 atom stereocenters. The summed E-state index contributed by atoms with van der Waals surface area (Å²) < 4.78 is 8.62. The van der Waals surface area contributed by atoms with Crippen molar-refractivity contribution in [2.24, 2.45) is 5.92 Å². The number of hydrogen-bond donors (Lipinski definition) is 1. The zero-order valence-corrected chi connectivity index (χ0v) is 12.9. The van der Waals surface area contributed by atoms with Gasteiger partial charge in [-0.3, -0.25) is 0 Å². The van der Waals surface area contributed by atoms with Crippen LogP contribution in [0.15, 0.2) is 18.2 Å². The third-order valence-electron chi connectivity index (χ3n) is 3.55.